The Balaban J connectivity index is 1.75. The summed E-state index contributed by atoms with van der Waals surface area (Å²) in [5.41, 5.74) is 0.363. The van der Waals surface area contributed by atoms with Crippen LogP contribution in [-0.2, 0) is 13.0 Å². The second kappa shape index (κ2) is 6.39. The predicted molar refractivity (Wildman–Crippen MR) is 91.9 cm³/mol. The molecule has 2 heterocycles. The summed E-state index contributed by atoms with van der Waals surface area (Å²) in [6, 6.07) is 5.41. The fourth-order valence-corrected chi connectivity index (χ4v) is 4.78. The van der Waals surface area contributed by atoms with Gasteiger partial charge >= 0.3 is 0 Å². The van der Waals surface area contributed by atoms with Gasteiger partial charge in [-0.05, 0) is 50.2 Å². The van der Waals surface area contributed by atoms with Crippen LogP contribution in [0.2, 0.25) is 0 Å². The molecule has 2 aliphatic rings. The molecule has 1 aromatic rings. The Kier molecular flexibility index (Phi) is 4.72. The van der Waals surface area contributed by atoms with Crippen LogP contribution in [0.25, 0.3) is 0 Å². The molecule has 0 amide bonds. The molecule has 0 spiro atoms. The van der Waals surface area contributed by atoms with E-state index >= 15 is 0 Å². The Morgan fingerprint density at radius 1 is 1.19 bits per heavy atom. The van der Waals surface area contributed by atoms with Crippen molar-refractivity contribution in [2.24, 2.45) is 5.92 Å². The Morgan fingerprint density at radius 3 is 2.48 bits per heavy atom. The van der Waals surface area contributed by atoms with E-state index in [4.69, 9.17) is 0 Å². The number of aryl methyl sites for hydroxylation is 1. The number of nitrogens with one attached hydrogen (secondary N) is 1. The first kappa shape index (κ1) is 15.5. The molecule has 0 aromatic carbocycles. The van der Waals surface area contributed by atoms with Gasteiger partial charge in [0.25, 0.3) is 0 Å². The summed E-state index contributed by atoms with van der Waals surface area (Å²) >= 11 is 2.01. The predicted octanol–water partition coefficient (Wildman–Crippen LogP) is 4.05. The zero-order chi connectivity index (χ0) is 14.9. The topological polar surface area (TPSA) is 15.3 Å². The van der Waals surface area contributed by atoms with Crippen molar-refractivity contribution >= 4 is 11.3 Å². The maximum atomic E-state index is 3.87. The third-order valence-corrected chi connectivity index (χ3v) is 6.92. The fraction of sp³-hybridized carbons (Fsp3) is 0.778. The van der Waals surface area contributed by atoms with E-state index in [0.717, 1.165) is 18.5 Å². The first-order chi connectivity index (χ1) is 10.2. The standard InChI is InChI=1S/C18H30N2S/c1-4-15-9-10-16(21-15)11-20-12-17(14-7-8-14)19-13-18(20,5-2)6-3/h9-10,14,17,19H,4-8,11-13H2,1-3H3. The first-order valence-electron chi connectivity index (χ1n) is 8.76. The number of piperazine rings is 1. The van der Waals surface area contributed by atoms with Crippen molar-refractivity contribution in [3.8, 4) is 0 Å². The summed E-state index contributed by atoms with van der Waals surface area (Å²) < 4.78 is 0. The van der Waals surface area contributed by atoms with E-state index < -0.39 is 0 Å². The molecule has 3 heteroatoms. The van der Waals surface area contributed by atoms with Crippen molar-refractivity contribution in [1.82, 2.24) is 10.2 Å². The van der Waals surface area contributed by atoms with E-state index in [1.54, 1.807) is 4.88 Å². The van der Waals surface area contributed by atoms with Gasteiger partial charge < -0.3 is 5.32 Å². The minimum atomic E-state index is 0.363. The monoisotopic (exact) mass is 306 g/mol. The molecular formula is C18H30N2S. The third-order valence-electron chi connectivity index (χ3n) is 5.70. The highest BCUT2D eigenvalue weighted by atomic mass is 32.1. The van der Waals surface area contributed by atoms with Gasteiger partial charge in [0.05, 0.1) is 0 Å². The highest BCUT2D eigenvalue weighted by molar-refractivity contribution is 7.11. The molecule has 1 aliphatic heterocycles. The molecule has 0 radical (unpaired) electrons. The smallest absolute Gasteiger partial charge is 0.0334 e. The number of nitrogens with zero attached hydrogens (tertiary/aromatic N) is 1. The fourth-order valence-electron chi connectivity index (χ4n) is 3.81. The lowest BCUT2D eigenvalue weighted by Crippen LogP contribution is -2.64. The van der Waals surface area contributed by atoms with Gasteiger partial charge in [0.15, 0.2) is 0 Å². The van der Waals surface area contributed by atoms with Crippen molar-refractivity contribution < 1.29 is 0 Å². The molecule has 1 aromatic heterocycles. The second-order valence-electron chi connectivity index (χ2n) is 6.86. The number of thiophene rings is 1. The Bertz CT molecular complexity index is 460. The van der Waals surface area contributed by atoms with Crippen LogP contribution in [-0.4, -0.2) is 29.6 Å². The van der Waals surface area contributed by atoms with Gasteiger partial charge in [0.1, 0.15) is 0 Å². The molecule has 1 aliphatic carbocycles. The van der Waals surface area contributed by atoms with Crippen LogP contribution in [0.5, 0.6) is 0 Å². The molecule has 2 nitrogen and oxygen atoms in total. The molecule has 21 heavy (non-hydrogen) atoms. The van der Waals surface area contributed by atoms with Gasteiger partial charge in [0, 0.05) is 41.0 Å². The third kappa shape index (κ3) is 3.20. The van der Waals surface area contributed by atoms with Gasteiger partial charge in [-0.3, -0.25) is 4.90 Å². The van der Waals surface area contributed by atoms with E-state index in [1.165, 1.54) is 50.1 Å². The van der Waals surface area contributed by atoms with Crippen molar-refractivity contribution in [2.75, 3.05) is 13.1 Å². The lowest BCUT2D eigenvalue weighted by atomic mass is 9.86. The first-order valence-corrected chi connectivity index (χ1v) is 9.58. The van der Waals surface area contributed by atoms with Crippen molar-refractivity contribution in [2.45, 2.75) is 71.0 Å². The molecule has 1 atom stereocenters. The van der Waals surface area contributed by atoms with Crippen LogP contribution >= 0.6 is 11.3 Å². The van der Waals surface area contributed by atoms with Crippen molar-refractivity contribution in [3.05, 3.63) is 21.9 Å². The van der Waals surface area contributed by atoms with E-state index in [-0.39, 0.29) is 0 Å². The highest BCUT2D eigenvalue weighted by Gasteiger charge is 2.43. The zero-order valence-corrected chi connectivity index (χ0v) is 14.6. The van der Waals surface area contributed by atoms with Crippen molar-refractivity contribution in [3.63, 3.8) is 0 Å². The van der Waals surface area contributed by atoms with Gasteiger partial charge in [-0.15, -0.1) is 11.3 Å². The minimum Gasteiger partial charge on any atom is -0.311 e. The maximum absolute atomic E-state index is 3.87. The van der Waals surface area contributed by atoms with Crippen LogP contribution in [0.15, 0.2) is 12.1 Å². The molecule has 118 valence electrons. The molecule has 1 N–H and O–H groups in total. The summed E-state index contributed by atoms with van der Waals surface area (Å²) in [6.45, 7) is 10.5. The maximum Gasteiger partial charge on any atom is 0.0334 e. The molecule has 2 fully saturated rings. The summed E-state index contributed by atoms with van der Waals surface area (Å²) in [5, 5.41) is 3.87. The number of hydrogen-bond acceptors (Lipinski definition) is 3. The van der Waals surface area contributed by atoms with E-state index in [0.29, 0.717) is 5.54 Å². The second-order valence-corrected chi connectivity index (χ2v) is 8.11. The molecular weight excluding hydrogens is 276 g/mol. The zero-order valence-electron chi connectivity index (χ0n) is 13.8. The van der Waals surface area contributed by atoms with Crippen LogP contribution in [0.1, 0.15) is 56.2 Å². The lowest BCUT2D eigenvalue weighted by Gasteiger charge is -2.50. The summed E-state index contributed by atoms with van der Waals surface area (Å²) in [7, 11) is 0. The lowest BCUT2D eigenvalue weighted by molar-refractivity contribution is 0.0211. The quantitative estimate of drug-likeness (QED) is 0.853. The van der Waals surface area contributed by atoms with Crippen LogP contribution < -0.4 is 5.32 Å². The minimum absolute atomic E-state index is 0.363. The van der Waals surface area contributed by atoms with E-state index in [2.05, 4.69) is 43.1 Å². The molecule has 1 saturated heterocycles. The average Bonchev–Trinajstić information content (AvgIpc) is 3.27. The largest absolute Gasteiger partial charge is 0.311 e. The van der Waals surface area contributed by atoms with E-state index in [1.807, 2.05) is 11.3 Å². The van der Waals surface area contributed by atoms with Gasteiger partial charge in [-0.25, -0.2) is 0 Å². The summed E-state index contributed by atoms with van der Waals surface area (Å²) in [6.07, 6.45) is 6.55. The van der Waals surface area contributed by atoms with E-state index in [9.17, 15) is 0 Å². The van der Waals surface area contributed by atoms with Crippen molar-refractivity contribution in [1.29, 1.82) is 0 Å². The molecule has 3 rings (SSSR count). The normalized spacial score (nSPS) is 26.1. The van der Waals surface area contributed by atoms with Crippen LogP contribution in [0, 0.1) is 5.92 Å². The van der Waals surface area contributed by atoms with Gasteiger partial charge in [0.2, 0.25) is 0 Å². The molecule has 1 saturated carbocycles. The number of hydrogen-bond donors (Lipinski definition) is 1. The summed E-state index contributed by atoms with van der Waals surface area (Å²) in [5.74, 6) is 0.953. The van der Waals surface area contributed by atoms with Gasteiger partial charge in [-0.2, -0.15) is 0 Å². The van der Waals surface area contributed by atoms with Crippen LogP contribution in [0.3, 0.4) is 0 Å². The molecule has 0 bridgehead atoms. The van der Waals surface area contributed by atoms with Crippen LogP contribution in [0.4, 0.5) is 0 Å². The Labute approximate surface area is 133 Å². The average molecular weight is 307 g/mol. The summed E-state index contributed by atoms with van der Waals surface area (Å²) in [4.78, 5) is 5.88. The molecule has 1 unspecified atom stereocenters. The number of rotatable bonds is 6. The Morgan fingerprint density at radius 2 is 1.90 bits per heavy atom. The Hall–Kier alpha value is -0.380. The van der Waals surface area contributed by atoms with Gasteiger partial charge in [-0.1, -0.05) is 20.8 Å². The highest BCUT2D eigenvalue weighted by Crippen LogP contribution is 2.38. The SMILES string of the molecule is CCc1ccc(CN2CC(C3CC3)NCC2(CC)CC)s1.